The van der Waals surface area contributed by atoms with E-state index in [9.17, 15) is 9.59 Å². The molecule has 0 saturated carbocycles. The van der Waals surface area contributed by atoms with E-state index in [1.165, 1.54) is 17.3 Å². The number of para-hydroxylation sites is 1. The minimum atomic E-state index is -0.0858. The number of nitrogens with zero attached hydrogens (tertiary/aromatic N) is 1. The third kappa shape index (κ3) is 5.55. The lowest BCUT2D eigenvalue weighted by atomic mass is 10.1. The summed E-state index contributed by atoms with van der Waals surface area (Å²) in [5.74, 6) is -0.135. The van der Waals surface area contributed by atoms with Gasteiger partial charge in [-0.15, -0.1) is 0 Å². The fourth-order valence-electron chi connectivity index (χ4n) is 3.07. The van der Waals surface area contributed by atoms with E-state index in [-0.39, 0.29) is 11.8 Å². The summed E-state index contributed by atoms with van der Waals surface area (Å²) in [7, 11) is 0. The van der Waals surface area contributed by atoms with E-state index in [0.29, 0.717) is 28.6 Å². The molecule has 0 unspecified atom stereocenters. The Morgan fingerprint density at radius 2 is 1.90 bits per heavy atom. The van der Waals surface area contributed by atoms with Gasteiger partial charge in [0.25, 0.3) is 5.91 Å². The molecule has 2 amide bonds. The first-order chi connectivity index (χ1) is 14.0. The Balaban J connectivity index is 1.54. The number of anilines is 1. The van der Waals surface area contributed by atoms with Gasteiger partial charge in [-0.3, -0.25) is 14.5 Å². The van der Waals surface area contributed by atoms with Gasteiger partial charge in [-0.2, -0.15) is 0 Å². The van der Waals surface area contributed by atoms with Crippen molar-refractivity contribution in [2.45, 2.75) is 33.1 Å². The molecule has 1 heterocycles. The normalized spacial score (nSPS) is 15.2. The lowest BCUT2D eigenvalue weighted by Crippen LogP contribution is -2.29. The molecule has 0 atom stereocenters. The van der Waals surface area contributed by atoms with Gasteiger partial charge in [-0.05, 0) is 43.0 Å². The fourth-order valence-corrected chi connectivity index (χ4v) is 4.38. The molecular formula is C23H24N2O2S2. The van der Waals surface area contributed by atoms with Crippen LogP contribution in [-0.2, 0) is 16.0 Å². The smallest absolute Gasteiger partial charge is 0.266 e. The zero-order valence-corrected chi connectivity index (χ0v) is 18.2. The van der Waals surface area contributed by atoms with Crippen LogP contribution >= 0.6 is 24.0 Å². The standard InChI is InChI=1S/C23H24N2O2S2/c1-3-18-7-4-5-8-19(18)24-21(26)9-6-14-25-22(27)20(29-23(25)28)15-17-12-10-16(2)11-13-17/h4-5,7-8,10-13,15H,3,6,9,14H2,1-2H3,(H,24,26)/b20-15-. The summed E-state index contributed by atoms with van der Waals surface area (Å²) in [6.45, 7) is 4.53. The minimum Gasteiger partial charge on any atom is -0.326 e. The van der Waals surface area contributed by atoms with Crippen LogP contribution < -0.4 is 5.32 Å². The van der Waals surface area contributed by atoms with Crippen LogP contribution in [0.3, 0.4) is 0 Å². The molecule has 2 aromatic carbocycles. The monoisotopic (exact) mass is 424 g/mol. The van der Waals surface area contributed by atoms with Crippen LogP contribution in [0.1, 0.15) is 36.5 Å². The van der Waals surface area contributed by atoms with Gasteiger partial charge in [0.05, 0.1) is 4.91 Å². The second kappa shape index (κ2) is 9.85. The Labute approximate surface area is 181 Å². The summed E-state index contributed by atoms with van der Waals surface area (Å²) >= 11 is 6.69. The van der Waals surface area contributed by atoms with Crippen LogP contribution in [0.5, 0.6) is 0 Å². The number of amides is 2. The quantitative estimate of drug-likeness (QED) is 0.492. The van der Waals surface area contributed by atoms with Crippen LogP contribution in [0.15, 0.2) is 53.4 Å². The number of nitrogens with one attached hydrogen (secondary N) is 1. The van der Waals surface area contributed by atoms with E-state index in [0.717, 1.165) is 23.2 Å². The van der Waals surface area contributed by atoms with E-state index in [1.807, 2.05) is 61.5 Å². The summed E-state index contributed by atoms with van der Waals surface area (Å²) in [6, 6.07) is 15.8. The van der Waals surface area contributed by atoms with Gasteiger partial charge < -0.3 is 5.32 Å². The number of hydrogen-bond donors (Lipinski definition) is 1. The lowest BCUT2D eigenvalue weighted by molar-refractivity contribution is -0.122. The van der Waals surface area contributed by atoms with Gasteiger partial charge in [-0.1, -0.05) is 78.9 Å². The summed E-state index contributed by atoms with van der Waals surface area (Å²) < 4.78 is 0.546. The van der Waals surface area contributed by atoms with Crippen molar-refractivity contribution in [1.29, 1.82) is 0 Å². The first-order valence-corrected chi connectivity index (χ1v) is 10.9. The van der Waals surface area contributed by atoms with Crippen molar-refractivity contribution in [2.24, 2.45) is 0 Å². The van der Waals surface area contributed by atoms with E-state index in [1.54, 1.807) is 4.90 Å². The third-order valence-corrected chi connectivity index (χ3v) is 6.08. The SMILES string of the molecule is CCc1ccccc1NC(=O)CCCN1C(=O)/C(=C/c2ccc(C)cc2)SC1=S. The Bertz CT molecular complexity index is 952. The molecule has 0 radical (unpaired) electrons. The summed E-state index contributed by atoms with van der Waals surface area (Å²) in [4.78, 5) is 27.2. The van der Waals surface area contributed by atoms with E-state index < -0.39 is 0 Å². The summed E-state index contributed by atoms with van der Waals surface area (Å²) in [5.41, 5.74) is 4.12. The predicted molar refractivity (Wildman–Crippen MR) is 125 cm³/mol. The topological polar surface area (TPSA) is 49.4 Å². The number of thiocarbonyl (C=S) groups is 1. The Morgan fingerprint density at radius 3 is 2.62 bits per heavy atom. The zero-order chi connectivity index (χ0) is 20.8. The number of aryl methyl sites for hydroxylation is 2. The molecule has 29 heavy (non-hydrogen) atoms. The maximum Gasteiger partial charge on any atom is 0.266 e. The van der Waals surface area contributed by atoms with E-state index in [4.69, 9.17) is 12.2 Å². The molecule has 3 rings (SSSR count). The molecule has 4 nitrogen and oxygen atoms in total. The predicted octanol–water partition coefficient (Wildman–Crippen LogP) is 5.18. The summed E-state index contributed by atoms with van der Waals surface area (Å²) in [6.07, 6.45) is 3.63. The third-order valence-electron chi connectivity index (χ3n) is 4.71. The van der Waals surface area contributed by atoms with Gasteiger partial charge in [-0.25, -0.2) is 0 Å². The van der Waals surface area contributed by atoms with Gasteiger partial charge in [0.15, 0.2) is 0 Å². The van der Waals surface area contributed by atoms with Gasteiger partial charge in [0.1, 0.15) is 4.32 Å². The first-order valence-electron chi connectivity index (χ1n) is 9.67. The number of carbonyl (C=O) groups is 2. The summed E-state index contributed by atoms with van der Waals surface area (Å²) in [5, 5.41) is 2.96. The van der Waals surface area contributed by atoms with Gasteiger partial charge in [0, 0.05) is 18.7 Å². The average Bonchev–Trinajstić information content (AvgIpc) is 2.97. The minimum absolute atomic E-state index is 0.0495. The second-order valence-electron chi connectivity index (χ2n) is 6.91. The maximum atomic E-state index is 12.7. The molecule has 0 aliphatic carbocycles. The van der Waals surface area contributed by atoms with Crippen LogP contribution in [0.2, 0.25) is 0 Å². The molecule has 1 N–H and O–H groups in total. The van der Waals surface area contributed by atoms with Crippen LogP contribution in [0.25, 0.3) is 6.08 Å². The number of carbonyl (C=O) groups excluding carboxylic acids is 2. The number of rotatable bonds is 7. The molecule has 150 valence electrons. The fraction of sp³-hybridized carbons (Fsp3) is 0.261. The Kier molecular flexibility index (Phi) is 7.23. The zero-order valence-electron chi connectivity index (χ0n) is 16.6. The molecule has 6 heteroatoms. The van der Waals surface area contributed by atoms with Crippen molar-refractivity contribution < 1.29 is 9.59 Å². The molecule has 0 bridgehead atoms. The molecule has 1 aliphatic heterocycles. The lowest BCUT2D eigenvalue weighted by Gasteiger charge is -2.14. The van der Waals surface area contributed by atoms with Crippen molar-refractivity contribution in [3.63, 3.8) is 0 Å². The van der Waals surface area contributed by atoms with Crippen molar-refractivity contribution in [2.75, 3.05) is 11.9 Å². The molecule has 0 aromatic heterocycles. The van der Waals surface area contributed by atoms with Crippen molar-refractivity contribution >= 4 is 51.9 Å². The molecule has 1 fully saturated rings. The second-order valence-corrected chi connectivity index (χ2v) is 8.58. The Hall–Kier alpha value is -2.44. The highest BCUT2D eigenvalue weighted by atomic mass is 32.2. The van der Waals surface area contributed by atoms with Crippen molar-refractivity contribution in [3.05, 3.63) is 70.1 Å². The number of hydrogen-bond acceptors (Lipinski definition) is 4. The van der Waals surface area contributed by atoms with Crippen LogP contribution in [-0.4, -0.2) is 27.6 Å². The highest BCUT2D eigenvalue weighted by Gasteiger charge is 2.31. The van der Waals surface area contributed by atoms with Gasteiger partial charge >= 0.3 is 0 Å². The molecule has 1 saturated heterocycles. The van der Waals surface area contributed by atoms with Crippen LogP contribution in [0, 0.1) is 6.92 Å². The largest absolute Gasteiger partial charge is 0.326 e. The molecule has 1 aliphatic rings. The van der Waals surface area contributed by atoms with E-state index >= 15 is 0 Å². The molecule has 2 aromatic rings. The number of thioether (sulfide) groups is 1. The van der Waals surface area contributed by atoms with E-state index in [2.05, 4.69) is 12.2 Å². The highest BCUT2D eigenvalue weighted by molar-refractivity contribution is 8.26. The van der Waals surface area contributed by atoms with Crippen molar-refractivity contribution in [1.82, 2.24) is 4.90 Å². The Morgan fingerprint density at radius 1 is 1.17 bits per heavy atom. The first kappa shape index (κ1) is 21.3. The molecule has 0 spiro atoms. The average molecular weight is 425 g/mol. The van der Waals surface area contributed by atoms with Crippen LogP contribution in [0.4, 0.5) is 5.69 Å². The highest BCUT2D eigenvalue weighted by Crippen LogP contribution is 2.32. The number of benzene rings is 2. The van der Waals surface area contributed by atoms with Gasteiger partial charge in [0.2, 0.25) is 5.91 Å². The maximum absolute atomic E-state index is 12.7. The van der Waals surface area contributed by atoms with Crippen molar-refractivity contribution in [3.8, 4) is 0 Å². The molecular weight excluding hydrogens is 400 g/mol.